The average molecular weight is 321 g/mol. The Balaban J connectivity index is 2.71. The van der Waals surface area contributed by atoms with E-state index in [9.17, 15) is 14.9 Å². The van der Waals surface area contributed by atoms with E-state index in [1.807, 2.05) is 13.8 Å². The van der Waals surface area contributed by atoms with E-state index in [0.29, 0.717) is 18.0 Å². The van der Waals surface area contributed by atoms with Crippen LogP contribution >= 0.6 is 0 Å². The van der Waals surface area contributed by atoms with Gasteiger partial charge in [-0.1, -0.05) is 19.1 Å². The highest BCUT2D eigenvalue weighted by Gasteiger charge is 2.14. The number of nitrogens with one attached hydrogen (secondary N) is 1. The Kier molecular flexibility index (Phi) is 7.21. The molecule has 1 aromatic rings. The number of anilines is 1. The van der Waals surface area contributed by atoms with E-state index >= 15 is 0 Å². The van der Waals surface area contributed by atoms with Gasteiger partial charge in [0.05, 0.1) is 17.7 Å². The first-order valence-electron chi connectivity index (χ1n) is 7.36. The van der Waals surface area contributed by atoms with E-state index in [1.165, 1.54) is 25.3 Å². The number of benzene rings is 1. The lowest BCUT2D eigenvalue weighted by Crippen LogP contribution is -2.29. The molecule has 0 saturated carbocycles. The third-order valence-electron chi connectivity index (χ3n) is 3.26. The molecule has 0 atom stereocenters. The van der Waals surface area contributed by atoms with Gasteiger partial charge in [-0.15, -0.1) is 0 Å². The molecule has 126 valence electrons. The monoisotopic (exact) mass is 321 g/mol. The Morgan fingerprint density at radius 3 is 2.70 bits per heavy atom. The van der Waals surface area contributed by atoms with Gasteiger partial charge in [0.15, 0.2) is 0 Å². The van der Waals surface area contributed by atoms with Gasteiger partial charge in [-0.3, -0.25) is 19.8 Å². The Labute approximate surface area is 136 Å². The molecule has 1 rings (SSSR count). The Morgan fingerprint density at radius 1 is 1.48 bits per heavy atom. The second-order valence-corrected chi connectivity index (χ2v) is 5.27. The van der Waals surface area contributed by atoms with Crippen molar-refractivity contribution in [3.8, 4) is 5.75 Å². The number of carbonyl (C=O) groups is 1. The number of non-ortho nitro benzene ring substituents is 1. The van der Waals surface area contributed by atoms with Gasteiger partial charge in [-0.25, -0.2) is 0 Å². The smallest absolute Gasteiger partial charge is 0.271 e. The zero-order valence-electron chi connectivity index (χ0n) is 13.8. The fraction of sp³-hybridized carbons (Fsp3) is 0.438. The highest BCUT2D eigenvalue weighted by molar-refractivity contribution is 5.92. The fourth-order valence-corrected chi connectivity index (χ4v) is 2.11. The number of hydrogen-bond acceptors (Lipinski definition) is 5. The second-order valence-electron chi connectivity index (χ2n) is 5.27. The summed E-state index contributed by atoms with van der Waals surface area (Å²) in [6.07, 6.45) is 0.285. The highest BCUT2D eigenvalue weighted by atomic mass is 16.6. The van der Waals surface area contributed by atoms with Crippen molar-refractivity contribution in [1.82, 2.24) is 4.90 Å². The number of carbonyl (C=O) groups excluding carboxylic acids is 1. The number of likely N-dealkylation sites (N-methyl/N-ethyl adjacent to an activating group) is 1. The summed E-state index contributed by atoms with van der Waals surface area (Å²) < 4.78 is 5.12. The van der Waals surface area contributed by atoms with Crippen LogP contribution in [0.5, 0.6) is 5.75 Å². The SMILES string of the molecule is C=C(C)CN(CC)CCC(=O)Nc1cc([N+](=O)[O-])ccc1OC. The molecule has 0 radical (unpaired) electrons. The second kappa shape index (κ2) is 8.89. The van der Waals surface area contributed by atoms with Gasteiger partial charge in [-0.2, -0.15) is 0 Å². The van der Waals surface area contributed by atoms with Crippen LogP contribution in [0.25, 0.3) is 0 Å². The Hall–Kier alpha value is -2.41. The van der Waals surface area contributed by atoms with Crippen LogP contribution in [0.4, 0.5) is 11.4 Å². The molecule has 0 aliphatic heterocycles. The molecule has 23 heavy (non-hydrogen) atoms. The first-order valence-corrected chi connectivity index (χ1v) is 7.36. The number of ether oxygens (including phenoxy) is 1. The van der Waals surface area contributed by atoms with Crippen molar-refractivity contribution in [2.24, 2.45) is 0 Å². The van der Waals surface area contributed by atoms with Crippen LogP contribution in [0.15, 0.2) is 30.4 Å². The number of nitrogens with zero attached hydrogens (tertiary/aromatic N) is 2. The summed E-state index contributed by atoms with van der Waals surface area (Å²) in [6.45, 7) is 9.97. The topological polar surface area (TPSA) is 84.7 Å². The molecule has 0 bridgehead atoms. The molecule has 0 saturated heterocycles. The van der Waals surface area contributed by atoms with E-state index in [-0.39, 0.29) is 18.0 Å². The summed E-state index contributed by atoms with van der Waals surface area (Å²) in [6, 6.07) is 4.09. The molecule has 0 heterocycles. The van der Waals surface area contributed by atoms with E-state index in [0.717, 1.165) is 18.7 Å². The lowest BCUT2D eigenvalue weighted by Gasteiger charge is -2.20. The number of methoxy groups -OCH3 is 1. The summed E-state index contributed by atoms with van der Waals surface area (Å²) in [5.74, 6) is 0.169. The summed E-state index contributed by atoms with van der Waals surface area (Å²) in [4.78, 5) is 24.5. The van der Waals surface area contributed by atoms with Crippen molar-refractivity contribution in [3.63, 3.8) is 0 Å². The fourth-order valence-electron chi connectivity index (χ4n) is 2.11. The van der Waals surface area contributed by atoms with E-state index < -0.39 is 4.92 Å². The van der Waals surface area contributed by atoms with Gasteiger partial charge in [0.1, 0.15) is 5.75 Å². The highest BCUT2D eigenvalue weighted by Crippen LogP contribution is 2.28. The number of nitro groups is 1. The third-order valence-corrected chi connectivity index (χ3v) is 3.26. The van der Waals surface area contributed by atoms with E-state index in [4.69, 9.17) is 4.74 Å². The van der Waals surface area contributed by atoms with E-state index in [1.54, 1.807) is 0 Å². The molecule has 0 aliphatic rings. The largest absolute Gasteiger partial charge is 0.495 e. The molecular weight excluding hydrogens is 298 g/mol. The summed E-state index contributed by atoms with van der Waals surface area (Å²) >= 11 is 0. The van der Waals surface area contributed by atoms with Crippen LogP contribution in [-0.2, 0) is 4.79 Å². The van der Waals surface area contributed by atoms with Crippen LogP contribution < -0.4 is 10.1 Å². The van der Waals surface area contributed by atoms with Crippen LogP contribution in [0.1, 0.15) is 20.3 Å². The van der Waals surface area contributed by atoms with Crippen molar-refractivity contribution in [2.75, 3.05) is 32.1 Å². The van der Waals surface area contributed by atoms with Crippen molar-refractivity contribution >= 4 is 17.3 Å². The quantitative estimate of drug-likeness (QED) is 0.429. The molecule has 0 aromatic heterocycles. The number of amides is 1. The first-order chi connectivity index (χ1) is 10.9. The number of rotatable bonds is 9. The molecule has 7 nitrogen and oxygen atoms in total. The molecule has 0 spiro atoms. The molecular formula is C16H23N3O4. The average Bonchev–Trinajstić information content (AvgIpc) is 2.50. The molecule has 0 aliphatic carbocycles. The van der Waals surface area contributed by atoms with Crippen LogP contribution in [0.3, 0.4) is 0 Å². The number of hydrogen-bond donors (Lipinski definition) is 1. The molecule has 0 unspecified atom stereocenters. The summed E-state index contributed by atoms with van der Waals surface area (Å²) in [5.41, 5.74) is 1.24. The summed E-state index contributed by atoms with van der Waals surface area (Å²) in [5, 5.41) is 13.5. The molecule has 7 heteroatoms. The minimum atomic E-state index is -0.513. The van der Waals surface area contributed by atoms with Crippen molar-refractivity contribution in [3.05, 3.63) is 40.5 Å². The van der Waals surface area contributed by atoms with E-state index in [2.05, 4.69) is 16.8 Å². The Morgan fingerprint density at radius 2 is 2.17 bits per heavy atom. The van der Waals surface area contributed by atoms with Crippen LogP contribution in [0, 0.1) is 10.1 Å². The van der Waals surface area contributed by atoms with Gasteiger partial charge < -0.3 is 10.1 Å². The Bertz CT molecular complexity index is 587. The van der Waals surface area contributed by atoms with Gasteiger partial charge in [-0.05, 0) is 19.5 Å². The maximum atomic E-state index is 12.1. The maximum Gasteiger partial charge on any atom is 0.271 e. The maximum absolute atomic E-state index is 12.1. The zero-order valence-corrected chi connectivity index (χ0v) is 13.8. The van der Waals surface area contributed by atoms with Crippen LogP contribution in [-0.4, -0.2) is 42.5 Å². The van der Waals surface area contributed by atoms with Gasteiger partial charge in [0, 0.05) is 31.6 Å². The molecule has 0 fully saturated rings. The lowest BCUT2D eigenvalue weighted by atomic mass is 10.2. The van der Waals surface area contributed by atoms with Crippen molar-refractivity contribution in [2.45, 2.75) is 20.3 Å². The molecule has 1 amide bonds. The molecule has 1 aromatic carbocycles. The predicted octanol–water partition coefficient (Wildman–Crippen LogP) is 2.83. The van der Waals surface area contributed by atoms with Gasteiger partial charge in [0.2, 0.25) is 5.91 Å². The lowest BCUT2D eigenvalue weighted by molar-refractivity contribution is -0.384. The predicted molar refractivity (Wildman–Crippen MR) is 89.8 cm³/mol. The minimum absolute atomic E-state index is 0.0985. The van der Waals surface area contributed by atoms with Crippen molar-refractivity contribution < 1.29 is 14.5 Å². The van der Waals surface area contributed by atoms with Gasteiger partial charge in [0.25, 0.3) is 5.69 Å². The summed E-state index contributed by atoms with van der Waals surface area (Å²) in [7, 11) is 1.45. The normalized spacial score (nSPS) is 10.4. The third kappa shape index (κ3) is 6.07. The molecule has 1 N–H and O–H groups in total. The minimum Gasteiger partial charge on any atom is -0.495 e. The standard InChI is InChI=1S/C16H23N3O4/c1-5-18(11-12(2)3)9-8-16(20)17-14-10-13(19(21)22)6-7-15(14)23-4/h6-7,10H,2,5,8-9,11H2,1,3-4H3,(H,17,20). The van der Waals surface area contributed by atoms with Crippen LogP contribution in [0.2, 0.25) is 0 Å². The number of nitro benzene ring substituents is 1. The van der Waals surface area contributed by atoms with Gasteiger partial charge >= 0.3 is 0 Å². The van der Waals surface area contributed by atoms with Crippen molar-refractivity contribution in [1.29, 1.82) is 0 Å². The zero-order chi connectivity index (χ0) is 17.4. The first kappa shape index (κ1) is 18.6.